The van der Waals surface area contributed by atoms with E-state index in [-0.39, 0.29) is 12.3 Å². The van der Waals surface area contributed by atoms with Gasteiger partial charge in [-0.2, -0.15) is 11.8 Å². The largest absolute Gasteiger partial charge is 0.496 e. The van der Waals surface area contributed by atoms with Crippen molar-refractivity contribution in [2.45, 2.75) is 11.9 Å². The van der Waals surface area contributed by atoms with Gasteiger partial charge < -0.3 is 14.9 Å². The minimum atomic E-state index is -0.768. The van der Waals surface area contributed by atoms with Crippen LogP contribution >= 0.6 is 11.8 Å². The zero-order valence-corrected chi connectivity index (χ0v) is 10.7. The van der Waals surface area contributed by atoms with E-state index < -0.39 is 11.0 Å². The van der Waals surface area contributed by atoms with Crippen LogP contribution in [0.4, 0.5) is 5.69 Å². The molecule has 2 N–H and O–H groups in total. The predicted octanol–water partition coefficient (Wildman–Crippen LogP) is 1.19. The molecule has 1 unspecified atom stereocenters. The van der Waals surface area contributed by atoms with Crippen molar-refractivity contribution < 1.29 is 19.9 Å². The van der Waals surface area contributed by atoms with Gasteiger partial charge in [0, 0.05) is 17.6 Å². The van der Waals surface area contributed by atoms with E-state index in [4.69, 9.17) is 9.84 Å². The van der Waals surface area contributed by atoms with Gasteiger partial charge in [0.1, 0.15) is 5.75 Å². The van der Waals surface area contributed by atoms with E-state index in [1.54, 1.807) is 6.07 Å². The topological polar surface area (TPSA) is 92.8 Å². The normalized spacial score (nSPS) is 12.2. The van der Waals surface area contributed by atoms with Gasteiger partial charge in [-0.25, -0.2) is 0 Å². The highest BCUT2D eigenvalue weighted by Crippen LogP contribution is 2.25. The molecule has 1 aromatic carbocycles. The average Bonchev–Trinajstić information content (AvgIpc) is 2.37. The molecule has 0 bridgehead atoms. The maximum Gasteiger partial charge on any atom is 0.273 e. The van der Waals surface area contributed by atoms with Gasteiger partial charge in [-0.05, 0) is 11.6 Å². The molecule has 1 rings (SSSR count). The molecule has 0 fully saturated rings. The van der Waals surface area contributed by atoms with Crippen LogP contribution in [0.1, 0.15) is 5.56 Å². The van der Waals surface area contributed by atoms with Crippen molar-refractivity contribution in [2.24, 2.45) is 0 Å². The van der Waals surface area contributed by atoms with Crippen LogP contribution in [0.25, 0.3) is 0 Å². The van der Waals surface area contributed by atoms with Crippen molar-refractivity contribution in [1.29, 1.82) is 0 Å². The van der Waals surface area contributed by atoms with Crippen LogP contribution in [-0.2, 0) is 5.75 Å². The molecule has 0 amide bonds. The fraction of sp³-hybridized carbons (Fsp3) is 0.455. The number of hydrogen-bond acceptors (Lipinski definition) is 6. The Bertz CT molecular complexity index is 412. The molecule has 0 saturated carbocycles. The molecule has 0 spiro atoms. The first-order valence-corrected chi connectivity index (χ1v) is 6.41. The van der Waals surface area contributed by atoms with Gasteiger partial charge in [0.25, 0.3) is 5.69 Å². The van der Waals surface area contributed by atoms with Crippen molar-refractivity contribution >= 4 is 17.4 Å². The number of thioether (sulfide) groups is 1. The quantitative estimate of drug-likeness (QED) is 0.572. The number of nitro groups is 1. The summed E-state index contributed by atoms with van der Waals surface area (Å²) in [5, 5.41) is 28.6. The number of ether oxygens (including phenoxy) is 1. The maximum absolute atomic E-state index is 10.7. The summed E-state index contributed by atoms with van der Waals surface area (Å²) in [6.45, 7) is -0.286. The number of hydrogen-bond donors (Lipinski definition) is 2. The highest BCUT2D eigenvalue weighted by Gasteiger charge is 2.10. The molecule has 0 aliphatic carbocycles. The number of benzene rings is 1. The number of nitrogens with zero attached hydrogens (tertiary/aromatic N) is 1. The Kier molecular flexibility index (Phi) is 5.90. The van der Waals surface area contributed by atoms with Gasteiger partial charge in [0.2, 0.25) is 0 Å². The Balaban J connectivity index is 2.69. The van der Waals surface area contributed by atoms with Crippen LogP contribution in [-0.4, -0.2) is 40.7 Å². The molecular formula is C11H15NO5S. The third-order valence-electron chi connectivity index (χ3n) is 2.19. The number of rotatable bonds is 7. The molecule has 0 aromatic heterocycles. The molecule has 6 nitrogen and oxygen atoms in total. The Morgan fingerprint density at radius 2 is 2.22 bits per heavy atom. The molecule has 0 radical (unpaired) electrons. The van der Waals surface area contributed by atoms with E-state index in [1.807, 2.05) is 0 Å². The number of aliphatic hydroxyl groups excluding tert-OH is 2. The summed E-state index contributed by atoms with van der Waals surface area (Å²) in [6.07, 6.45) is -0.768. The van der Waals surface area contributed by atoms with Crippen molar-refractivity contribution in [2.75, 3.05) is 19.5 Å². The van der Waals surface area contributed by atoms with E-state index in [2.05, 4.69) is 0 Å². The summed E-state index contributed by atoms with van der Waals surface area (Å²) < 4.78 is 4.99. The molecule has 0 saturated heterocycles. The second kappa shape index (κ2) is 7.20. The molecule has 1 aromatic rings. The lowest BCUT2D eigenvalue weighted by Crippen LogP contribution is -2.14. The zero-order valence-electron chi connectivity index (χ0n) is 9.91. The summed E-state index contributed by atoms with van der Waals surface area (Å²) in [5.41, 5.74) is 0.726. The first kappa shape index (κ1) is 14.7. The fourth-order valence-electron chi connectivity index (χ4n) is 1.32. The number of nitro benzene ring substituents is 1. The third-order valence-corrected chi connectivity index (χ3v) is 3.35. The van der Waals surface area contributed by atoms with Crippen LogP contribution in [0.2, 0.25) is 0 Å². The first-order valence-electron chi connectivity index (χ1n) is 5.26. The fourth-order valence-corrected chi connectivity index (χ4v) is 2.21. The number of aliphatic hydroxyl groups is 2. The predicted molar refractivity (Wildman–Crippen MR) is 68.9 cm³/mol. The second-order valence-corrected chi connectivity index (χ2v) is 4.68. The summed E-state index contributed by atoms with van der Waals surface area (Å²) in [5.74, 6) is 1.32. The molecule has 7 heteroatoms. The van der Waals surface area contributed by atoms with E-state index in [0.29, 0.717) is 17.3 Å². The van der Waals surface area contributed by atoms with Crippen LogP contribution in [0.5, 0.6) is 5.75 Å². The first-order chi connectivity index (χ1) is 8.56. The SMILES string of the molecule is COc1cc(CSCC(O)CO)cc([N+](=O)[O-])c1. The van der Waals surface area contributed by atoms with Crippen molar-refractivity contribution in [3.63, 3.8) is 0 Å². The molecular weight excluding hydrogens is 258 g/mol. The standard InChI is InChI=1S/C11H15NO5S/c1-17-11-3-8(2-9(4-11)12(15)16)6-18-7-10(14)5-13/h2-4,10,13-14H,5-7H2,1H3. The van der Waals surface area contributed by atoms with Crippen molar-refractivity contribution in [3.05, 3.63) is 33.9 Å². The molecule has 18 heavy (non-hydrogen) atoms. The van der Waals surface area contributed by atoms with Crippen LogP contribution < -0.4 is 4.74 Å². The van der Waals surface area contributed by atoms with E-state index >= 15 is 0 Å². The molecule has 0 aliphatic heterocycles. The lowest BCUT2D eigenvalue weighted by molar-refractivity contribution is -0.385. The maximum atomic E-state index is 10.7. The molecule has 100 valence electrons. The minimum absolute atomic E-state index is 0.0207. The number of methoxy groups -OCH3 is 1. The Morgan fingerprint density at radius 1 is 1.50 bits per heavy atom. The third kappa shape index (κ3) is 4.52. The minimum Gasteiger partial charge on any atom is -0.496 e. The van der Waals surface area contributed by atoms with Gasteiger partial charge in [0.05, 0.1) is 30.8 Å². The van der Waals surface area contributed by atoms with Crippen molar-refractivity contribution in [1.82, 2.24) is 0 Å². The van der Waals surface area contributed by atoms with Gasteiger partial charge in [-0.15, -0.1) is 0 Å². The van der Waals surface area contributed by atoms with Crippen LogP contribution in [0, 0.1) is 10.1 Å². The van der Waals surface area contributed by atoms with Gasteiger partial charge in [-0.1, -0.05) is 0 Å². The van der Waals surface area contributed by atoms with Gasteiger partial charge in [-0.3, -0.25) is 10.1 Å². The van der Waals surface area contributed by atoms with E-state index in [9.17, 15) is 15.2 Å². The molecule has 0 aliphatic rings. The van der Waals surface area contributed by atoms with Crippen LogP contribution in [0.3, 0.4) is 0 Å². The lowest BCUT2D eigenvalue weighted by atomic mass is 10.2. The monoisotopic (exact) mass is 273 g/mol. The number of non-ortho nitro benzene ring substituents is 1. The lowest BCUT2D eigenvalue weighted by Gasteiger charge is -2.07. The Morgan fingerprint density at radius 3 is 2.78 bits per heavy atom. The second-order valence-electron chi connectivity index (χ2n) is 3.65. The van der Waals surface area contributed by atoms with E-state index in [0.717, 1.165) is 5.56 Å². The Hall–Kier alpha value is -1.31. The molecule has 0 heterocycles. The molecule has 1 atom stereocenters. The summed E-state index contributed by atoms with van der Waals surface area (Å²) in [4.78, 5) is 10.2. The van der Waals surface area contributed by atoms with Gasteiger partial charge >= 0.3 is 0 Å². The highest BCUT2D eigenvalue weighted by molar-refractivity contribution is 7.98. The summed E-state index contributed by atoms with van der Waals surface area (Å²) in [6, 6.07) is 4.54. The zero-order chi connectivity index (χ0) is 13.5. The van der Waals surface area contributed by atoms with Crippen LogP contribution in [0.15, 0.2) is 18.2 Å². The smallest absolute Gasteiger partial charge is 0.273 e. The van der Waals surface area contributed by atoms with Gasteiger partial charge in [0.15, 0.2) is 0 Å². The van der Waals surface area contributed by atoms with E-state index in [1.165, 1.54) is 31.0 Å². The van der Waals surface area contributed by atoms with Crippen molar-refractivity contribution in [3.8, 4) is 5.75 Å². The average molecular weight is 273 g/mol. The summed E-state index contributed by atoms with van der Waals surface area (Å²) in [7, 11) is 1.45. The Labute approximate surface area is 109 Å². The summed E-state index contributed by atoms with van der Waals surface area (Å²) >= 11 is 1.39. The highest BCUT2D eigenvalue weighted by atomic mass is 32.2.